The maximum Gasteiger partial charge on any atom is 0.107 e. The fourth-order valence-electron chi connectivity index (χ4n) is 2.38. The Morgan fingerprint density at radius 2 is 2.00 bits per heavy atom. The normalized spacial score (nSPS) is 23.1. The quantitative estimate of drug-likeness (QED) is 0.744. The fraction of sp³-hybridized carbons (Fsp3) is 0.800. The van der Waals surface area contributed by atoms with Crippen LogP contribution in [0.1, 0.15) is 54.4 Å². The number of nitrogens with zero attached hydrogens (tertiary/aromatic N) is 1. The van der Waals surface area contributed by atoms with Crippen LogP contribution < -0.4 is 5.32 Å². The summed E-state index contributed by atoms with van der Waals surface area (Å²) in [5.41, 5.74) is 1.35. The second kappa shape index (κ2) is 8.66. The molecular weight excluding hydrogens is 304 g/mol. The minimum atomic E-state index is 0.606. The largest absolute Gasteiger partial charge is 0.312 e. The molecule has 5 heteroatoms. The predicted molar refractivity (Wildman–Crippen MR) is 95.2 cm³/mol. The van der Waals surface area contributed by atoms with Gasteiger partial charge in [0.15, 0.2) is 0 Å². The van der Waals surface area contributed by atoms with Crippen molar-refractivity contribution in [2.75, 3.05) is 18.1 Å². The fourth-order valence-corrected chi connectivity index (χ4v) is 6.62. The van der Waals surface area contributed by atoms with E-state index < -0.39 is 0 Å². The van der Waals surface area contributed by atoms with Crippen LogP contribution in [0.2, 0.25) is 0 Å². The molecule has 0 saturated carbocycles. The van der Waals surface area contributed by atoms with E-state index in [0.29, 0.717) is 10.5 Å². The molecule has 1 fully saturated rings. The van der Waals surface area contributed by atoms with E-state index in [1.54, 1.807) is 0 Å². The highest BCUT2D eigenvalue weighted by molar-refractivity contribution is 8.06. The van der Waals surface area contributed by atoms with E-state index in [4.69, 9.17) is 4.98 Å². The Morgan fingerprint density at radius 1 is 1.20 bits per heavy atom. The van der Waals surface area contributed by atoms with E-state index in [2.05, 4.69) is 49.6 Å². The molecule has 0 aliphatic carbocycles. The van der Waals surface area contributed by atoms with Crippen molar-refractivity contribution in [3.63, 3.8) is 0 Å². The zero-order valence-electron chi connectivity index (χ0n) is 12.8. The van der Waals surface area contributed by atoms with Gasteiger partial charge in [0.25, 0.3) is 0 Å². The molecule has 0 amide bonds. The molecule has 114 valence electrons. The highest BCUT2D eigenvalue weighted by Gasteiger charge is 2.27. The second-order valence-corrected chi connectivity index (χ2v) is 9.07. The molecule has 1 aliphatic heterocycles. The number of rotatable bonds is 7. The van der Waals surface area contributed by atoms with Crippen molar-refractivity contribution >= 4 is 34.9 Å². The first-order valence-electron chi connectivity index (χ1n) is 7.68. The van der Waals surface area contributed by atoms with E-state index in [-0.39, 0.29) is 0 Å². The molecule has 0 spiro atoms. The average Bonchev–Trinajstić information content (AvgIpc) is 2.83. The van der Waals surface area contributed by atoms with Gasteiger partial charge in [0.05, 0.1) is 10.9 Å². The monoisotopic (exact) mass is 330 g/mol. The van der Waals surface area contributed by atoms with Crippen molar-refractivity contribution in [1.29, 1.82) is 0 Å². The van der Waals surface area contributed by atoms with Gasteiger partial charge in [0.2, 0.25) is 0 Å². The van der Waals surface area contributed by atoms with Gasteiger partial charge in [-0.05, 0) is 19.4 Å². The van der Waals surface area contributed by atoms with Gasteiger partial charge >= 0.3 is 0 Å². The zero-order valence-corrected chi connectivity index (χ0v) is 15.2. The number of hydrogen-bond acceptors (Lipinski definition) is 5. The highest BCUT2D eigenvalue weighted by Crippen LogP contribution is 2.44. The molecule has 1 aromatic rings. The van der Waals surface area contributed by atoms with Crippen molar-refractivity contribution in [1.82, 2.24) is 10.3 Å². The first-order chi connectivity index (χ1) is 9.76. The molecule has 2 rings (SSSR count). The molecular formula is C15H26N2S3. The minimum Gasteiger partial charge on any atom is -0.312 e. The highest BCUT2D eigenvalue weighted by atomic mass is 32.2. The standard InChI is InChI=1S/C15H26N2S3/c1-4-6-12-13(10-16-7-5-2)20-15(17-12)14-11(3)18-8-9-19-14/h11,14,16H,4-10H2,1-3H3. The molecule has 2 heterocycles. The lowest BCUT2D eigenvalue weighted by Crippen LogP contribution is -2.15. The predicted octanol–water partition coefficient (Wildman–Crippen LogP) is 4.50. The van der Waals surface area contributed by atoms with Crippen LogP contribution in [-0.2, 0) is 13.0 Å². The van der Waals surface area contributed by atoms with Crippen molar-refractivity contribution in [3.05, 3.63) is 15.6 Å². The first-order valence-corrected chi connectivity index (χ1v) is 10.6. The third kappa shape index (κ3) is 4.39. The van der Waals surface area contributed by atoms with Gasteiger partial charge < -0.3 is 5.32 Å². The summed E-state index contributed by atoms with van der Waals surface area (Å²) in [5, 5.41) is 6.21. The Morgan fingerprint density at radius 3 is 2.70 bits per heavy atom. The molecule has 1 aromatic heterocycles. The van der Waals surface area contributed by atoms with E-state index in [9.17, 15) is 0 Å². The Kier molecular flexibility index (Phi) is 7.22. The zero-order chi connectivity index (χ0) is 14.4. The molecule has 2 unspecified atom stereocenters. The van der Waals surface area contributed by atoms with Crippen LogP contribution in [-0.4, -0.2) is 28.3 Å². The number of thioether (sulfide) groups is 2. The van der Waals surface area contributed by atoms with Crippen LogP contribution in [0.15, 0.2) is 0 Å². The van der Waals surface area contributed by atoms with Crippen LogP contribution in [0.4, 0.5) is 0 Å². The molecule has 2 atom stereocenters. The number of nitrogens with one attached hydrogen (secondary N) is 1. The summed E-state index contributed by atoms with van der Waals surface area (Å²) in [7, 11) is 0. The SMILES string of the molecule is CCCNCc1sc(C2SCCSC2C)nc1CCC. The van der Waals surface area contributed by atoms with Gasteiger partial charge in [-0.15, -0.1) is 23.1 Å². The summed E-state index contributed by atoms with van der Waals surface area (Å²) < 4.78 is 0. The molecule has 0 aromatic carbocycles. The summed E-state index contributed by atoms with van der Waals surface area (Å²) in [6.45, 7) is 8.92. The Bertz CT molecular complexity index is 406. The van der Waals surface area contributed by atoms with Crippen molar-refractivity contribution < 1.29 is 0 Å². The summed E-state index contributed by atoms with van der Waals surface area (Å²) in [6.07, 6.45) is 3.51. The first kappa shape index (κ1) is 16.7. The van der Waals surface area contributed by atoms with Crippen molar-refractivity contribution in [3.8, 4) is 0 Å². The Labute approximate surface area is 135 Å². The number of aromatic nitrogens is 1. The van der Waals surface area contributed by atoms with Crippen molar-refractivity contribution in [2.24, 2.45) is 0 Å². The molecule has 20 heavy (non-hydrogen) atoms. The van der Waals surface area contributed by atoms with Crippen LogP contribution in [0.5, 0.6) is 0 Å². The molecule has 0 radical (unpaired) electrons. The smallest absolute Gasteiger partial charge is 0.107 e. The lowest BCUT2D eigenvalue weighted by molar-refractivity contribution is 0.674. The van der Waals surface area contributed by atoms with Crippen LogP contribution in [0.3, 0.4) is 0 Å². The van der Waals surface area contributed by atoms with Gasteiger partial charge in [0.1, 0.15) is 5.01 Å². The van der Waals surface area contributed by atoms with Gasteiger partial charge in [-0.1, -0.05) is 27.2 Å². The van der Waals surface area contributed by atoms with E-state index in [1.807, 2.05) is 11.3 Å². The van der Waals surface area contributed by atoms with Crippen LogP contribution in [0, 0.1) is 0 Å². The summed E-state index contributed by atoms with van der Waals surface area (Å²) in [4.78, 5) is 6.47. The summed E-state index contributed by atoms with van der Waals surface area (Å²) in [5.74, 6) is 2.56. The third-order valence-corrected chi connectivity index (χ3v) is 7.85. The third-order valence-electron chi connectivity index (χ3n) is 3.43. The summed E-state index contributed by atoms with van der Waals surface area (Å²) >= 11 is 6.15. The Hall–Kier alpha value is 0.290. The molecule has 2 nitrogen and oxygen atoms in total. The van der Waals surface area contributed by atoms with Gasteiger partial charge in [0, 0.05) is 28.2 Å². The Balaban J connectivity index is 2.10. The molecule has 1 aliphatic rings. The minimum absolute atomic E-state index is 0.606. The maximum absolute atomic E-state index is 5.00. The number of hydrogen-bond donors (Lipinski definition) is 1. The number of aryl methyl sites for hydroxylation is 1. The van der Waals surface area contributed by atoms with E-state index in [0.717, 1.165) is 19.5 Å². The van der Waals surface area contributed by atoms with Crippen LogP contribution >= 0.6 is 34.9 Å². The van der Waals surface area contributed by atoms with Gasteiger partial charge in [-0.25, -0.2) is 4.98 Å². The summed E-state index contributed by atoms with van der Waals surface area (Å²) in [6, 6.07) is 0. The van der Waals surface area contributed by atoms with Crippen molar-refractivity contribution in [2.45, 2.75) is 57.1 Å². The second-order valence-electron chi connectivity index (χ2n) is 5.22. The van der Waals surface area contributed by atoms with E-state index >= 15 is 0 Å². The maximum atomic E-state index is 5.00. The number of thiazole rings is 1. The van der Waals surface area contributed by atoms with Gasteiger partial charge in [-0.2, -0.15) is 11.8 Å². The lowest BCUT2D eigenvalue weighted by atomic mass is 10.2. The van der Waals surface area contributed by atoms with Gasteiger partial charge in [-0.3, -0.25) is 0 Å². The molecule has 1 saturated heterocycles. The van der Waals surface area contributed by atoms with E-state index in [1.165, 1.54) is 39.9 Å². The molecule has 1 N–H and O–H groups in total. The topological polar surface area (TPSA) is 24.9 Å². The lowest BCUT2D eigenvalue weighted by Gasteiger charge is -2.25. The molecule has 0 bridgehead atoms. The van der Waals surface area contributed by atoms with Crippen LogP contribution in [0.25, 0.3) is 0 Å². The average molecular weight is 331 g/mol.